The van der Waals surface area contributed by atoms with Gasteiger partial charge in [0.05, 0.1) is 0 Å². The SMILES string of the molecule is Cc1cccc(N2CCN(C(=O)N/C=C/c3ccccc3)CC2)c1C.Cl. The zero-order chi connectivity index (χ0) is 17.6. The second-order valence-electron chi connectivity index (χ2n) is 6.39. The summed E-state index contributed by atoms with van der Waals surface area (Å²) in [5, 5.41) is 2.86. The fourth-order valence-corrected chi connectivity index (χ4v) is 3.09. The lowest BCUT2D eigenvalue weighted by atomic mass is 10.1. The molecule has 1 heterocycles. The molecule has 26 heavy (non-hydrogen) atoms. The van der Waals surface area contributed by atoms with Crippen molar-refractivity contribution in [3.8, 4) is 0 Å². The predicted molar refractivity (Wildman–Crippen MR) is 111 cm³/mol. The van der Waals surface area contributed by atoms with E-state index in [2.05, 4.69) is 42.3 Å². The molecule has 1 aliphatic rings. The molecule has 0 radical (unpaired) electrons. The topological polar surface area (TPSA) is 35.6 Å². The van der Waals surface area contributed by atoms with Crippen molar-refractivity contribution >= 4 is 30.2 Å². The average molecular weight is 372 g/mol. The van der Waals surface area contributed by atoms with Crippen molar-refractivity contribution in [2.75, 3.05) is 31.1 Å². The van der Waals surface area contributed by atoms with E-state index in [-0.39, 0.29) is 18.4 Å². The molecule has 138 valence electrons. The summed E-state index contributed by atoms with van der Waals surface area (Å²) in [5.74, 6) is 0. The number of hydrogen-bond donors (Lipinski definition) is 1. The van der Waals surface area contributed by atoms with Gasteiger partial charge in [-0.05, 0) is 42.7 Å². The van der Waals surface area contributed by atoms with Crippen LogP contribution in [-0.4, -0.2) is 37.1 Å². The summed E-state index contributed by atoms with van der Waals surface area (Å²) in [6, 6.07) is 16.3. The van der Waals surface area contributed by atoms with Gasteiger partial charge in [-0.1, -0.05) is 42.5 Å². The van der Waals surface area contributed by atoms with E-state index in [1.807, 2.05) is 41.3 Å². The van der Waals surface area contributed by atoms with E-state index >= 15 is 0 Å². The zero-order valence-electron chi connectivity index (χ0n) is 15.3. The molecule has 1 fully saturated rings. The molecule has 2 amide bonds. The van der Waals surface area contributed by atoms with Crippen LogP contribution in [0.5, 0.6) is 0 Å². The number of hydrogen-bond acceptors (Lipinski definition) is 2. The van der Waals surface area contributed by atoms with Crippen molar-refractivity contribution in [3.05, 3.63) is 71.4 Å². The summed E-state index contributed by atoms with van der Waals surface area (Å²) in [7, 11) is 0. The molecule has 0 spiro atoms. The lowest BCUT2D eigenvalue weighted by Gasteiger charge is -2.36. The maximum absolute atomic E-state index is 12.3. The van der Waals surface area contributed by atoms with Crippen LogP contribution in [0.3, 0.4) is 0 Å². The summed E-state index contributed by atoms with van der Waals surface area (Å²) in [6.45, 7) is 7.50. The Hall–Kier alpha value is -2.46. The van der Waals surface area contributed by atoms with Gasteiger partial charge >= 0.3 is 6.03 Å². The van der Waals surface area contributed by atoms with E-state index in [9.17, 15) is 4.79 Å². The number of aryl methyl sites for hydroxylation is 1. The molecule has 1 saturated heterocycles. The number of anilines is 1. The molecule has 2 aromatic rings. The van der Waals surface area contributed by atoms with Crippen LogP contribution in [0.1, 0.15) is 16.7 Å². The van der Waals surface area contributed by atoms with Crippen LogP contribution >= 0.6 is 12.4 Å². The molecular formula is C21H26ClN3O. The van der Waals surface area contributed by atoms with Gasteiger partial charge < -0.3 is 15.1 Å². The first-order valence-corrected chi connectivity index (χ1v) is 8.73. The molecular weight excluding hydrogens is 346 g/mol. The molecule has 1 N–H and O–H groups in total. The van der Waals surface area contributed by atoms with E-state index in [1.165, 1.54) is 16.8 Å². The highest BCUT2D eigenvalue weighted by Crippen LogP contribution is 2.23. The summed E-state index contributed by atoms with van der Waals surface area (Å²) in [6.07, 6.45) is 3.62. The van der Waals surface area contributed by atoms with Gasteiger partial charge in [-0.15, -0.1) is 12.4 Å². The summed E-state index contributed by atoms with van der Waals surface area (Å²) < 4.78 is 0. The first-order valence-electron chi connectivity index (χ1n) is 8.73. The number of carbonyl (C=O) groups excluding carboxylic acids is 1. The number of benzene rings is 2. The zero-order valence-corrected chi connectivity index (χ0v) is 16.1. The molecule has 2 aromatic carbocycles. The Morgan fingerprint density at radius 1 is 0.962 bits per heavy atom. The lowest BCUT2D eigenvalue weighted by molar-refractivity contribution is 0.198. The van der Waals surface area contributed by atoms with Gasteiger partial charge in [-0.25, -0.2) is 4.79 Å². The predicted octanol–water partition coefficient (Wildman–Crippen LogP) is 4.23. The second kappa shape index (κ2) is 9.30. The van der Waals surface area contributed by atoms with Gasteiger partial charge in [0.15, 0.2) is 0 Å². The highest BCUT2D eigenvalue weighted by atomic mass is 35.5. The Morgan fingerprint density at radius 3 is 2.35 bits per heavy atom. The fraction of sp³-hybridized carbons (Fsp3) is 0.286. The molecule has 1 aliphatic heterocycles. The fourth-order valence-electron chi connectivity index (χ4n) is 3.09. The maximum atomic E-state index is 12.3. The van der Waals surface area contributed by atoms with Gasteiger partial charge in [0, 0.05) is 38.1 Å². The maximum Gasteiger partial charge on any atom is 0.321 e. The number of halogens is 1. The van der Waals surface area contributed by atoms with Crippen LogP contribution in [0.25, 0.3) is 6.08 Å². The molecule has 0 aliphatic carbocycles. The normalized spacial score (nSPS) is 14.2. The largest absolute Gasteiger partial charge is 0.368 e. The van der Waals surface area contributed by atoms with E-state index in [1.54, 1.807) is 6.20 Å². The smallest absolute Gasteiger partial charge is 0.321 e. The number of amides is 2. The molecule has 0 bridgehead atoms. The molecule has 0 atom stereocenters. The van der Waals surface area contributed by atoms with Crippen molar-refractivity contribution in [2.24, 2.45) is 0 Å². The van der Waals surface area contributed by atoms with Gasteiger partial charge in [0.1, 0.15) is 0 Å². The number of urea groups is 1. The number of nitrogens with one attached hydrogen (secondary N) is 1. The Bertz CT molecular complexity index is 753. The van der Waals surface area contributed by atoms with Crippen molar-refractivity contribution in [2.45, 2.75) is 13.8 Å². The van der Waals surface area contributed by atoms with Crippen LogP contribution in [-0.2, 0) is 0 Å². The third-order valence-corrected chi connectivity index (χ3v) is 4.77. The standard InChI is InChI=1S/C21H25N3O.ClH/c1-17-7-6-10-20(18(17)2)23-13-15-24(16-14-23)21(25)22-12-11-19-8-4-3-5-9-19;/h3-12H,13-16H2,1-2H3,(H,22,25);1H/b12-11+;. The Kier molecular flexibility index (Phi) is 7.10. The molecule has 5 heteroatoms. The third-order valence-electron chi connectivity index (χ3n) is 4.77. The number of nitrogens with zero attached hydrogens (tertiary/aromatic N) is 2. The second-order valence-corrected chi connectivity index (χ2v) is 6.39. The van der Waals surface area contributed by atoms with Crippen LogP contribution in [0, 0.1) is 13.8 Å². The van der Waals surface area contributed by atoms with E-state index < -0.39 is 0 Å². The lowest BCUT2D eigenvalue weighted by Crippen LogP contribution is -2.51. The summed E-state index contributed by atoms with van der Waals surface area (Å²) in [5.41, 5.74) is 4.99. The average Bonchev–Trinajstić information content (AvgIpc) is 2.65. The molecule has 0 aromatic heterocycles. The van der Waals surface area contributed by atoms with Crippen molar-refractivity contribution in [1.82, 2.24) is 10.2 Å². The van der Waals surface area contributed by atoms with Crippen molar-refractivity contribution in [1.29, 1.82) is 0 Å². The van der Waals surface area contributed by atoms with E-state index in [0.29, 0.717) is 0 Å². The van der Waals surface area contributed by atoms with Crippen molar-refractivity contribution in [3.63, 3.8) is 0 Å². The van der Waals surface area contributed by atoms with Crippen LogP contribution in [0.15, 0.2) is 54.7 Å². The highest BCUT2D eigenvalue weighted by molar-refractivity contribution is 5.85. The summed E-state index contributed by atoms with van der Waals surface area (Å²) >= 11 is 0. The quantitative estimate of drug-likeness (QED) is 0.876. The van der Waals surface area contributed by atoms with Gasteiger partial charge in [0.25, 0.3) is 0 Å². The first-order chi connectivity index (χ1) is 12.1. The number of piperazine rings is 1. The van der Waals surface area contributed by atoms with Crippen LogP contribution in [0.2, 0.25) is 0 Å². The Labute approximate surface area is 161 Å². The molecule has 4 nitrogen and oxygen atoms in total. The molecule has 0 saturated carbocycles. The third kappa shape index (κ3) is 4.79. The van der Waals surface area contributed by atoms with Crippen LogP contribution < -0.4 is 10.2 Å². The minimum atomic E-state index is -0.0344. The van der Waals surface area contributed by atoms with E-state index in [4.69, 9.17) is 0 Å². The molecule has 0 unspecified atom stereocenters. The van der Waals surface area contributed by atoms with Gasteiger partial charge in [-0.2, -0.15) is 0 Å². The van der Waals surface area contributed by atoms with Gasteiger partial charge in [0.2, 0.25) is 0 Å². The Morgan fingerprint density at radius 2 is 1.65 bits per heavy atom. The van der Waals surface area contributed by atoms with Crippen molar-refractivity contribution < 1.29 is 4.79 Å². The number of rotatable bonds is 3. The first kappa shape index (κ1) is 19.9. The molecule has 3 rings (SSSR count). The highest BCUT2D eigenvalue weighted by Gasteiger charge is 2.21. The summed E-state index contributed by atoms with van der Waals surface area (Å²) in [4.78, 5) is 16.5. The van der Waals surface area contributed by atoms with Crippen LogP contribution in [0.4, 0.5) is 10.5 Å². The van der Waals surface area contributed by atoms with E-state index in [0.717, 1.165) is 31.7 Å². The minimum Gasteiger partial charge on any atom is -0.368 e. The minimum absolute atomic E-state index is 0. The monoisotopic (exact) mass is 371 g/mol. The number of carbonyl (C=O) groups is 1. The van der Waals surface area contributed by atoms with Gasteiger partial charge in [-0.3, -0.25) is 0 Å². The Balaban J connectivity index is 0.00000243.